The number of aromatic nitrogens is 3. The van der Waals surface area contributed by atoms with Crippen molar-refractivity contribution in [3.05, 3.63) is 71.9 Å². The van der Waals surface area contributed by atoms with Crippen LogP contribution >= 0.6 is 0 Å². The van der Waals surface area contributed by atoms with Crippen molar-refractivity contribution in [2.75, 3.05) is 24.3 Å². The molecule has 0 fully saturated rings. The Bertz CT molecular complexity index is 886. The largest absolute Gasteiger partial charge is 0.465 e. The molecule has 0 aliphatic heterocycles. The summed E-state index contributed by atoms with van der Waals surface area (Å²) in [5.41, 5.74) is 2.44. The zero-order valence-electron chi connectivity index (χ0n) is 15.1. The summed E-state index contributed by atoms with van der Waals surface area (Å²) in [6, 6.07) is 17.3. The molecular formula is C20H21N5O2. The summed E-state index contributed by atoms with van der Waals surface area (Å²) >= 11 is 0. The lowest BCUT2D eigenvalue weighted by Crippen LogP contribution is -2.08. The van der Waals surface area contributed by atoms with Crippen LogP contribution in [0.25, 0.3) is 0 Å². The van der Waals surface area contributed by atoms with Crippen LogP contribution in [0.5, 0.6) is 0 Å². The van der Waals surface area contributed by atoms with E-state index in [-0.39, 0.29) is 0 Å². The normalized spacial score (nSPS) is 10.3. The molecule has 7 nitrogen and oxygen atoms in total. The van der Waals surface area contributed by atoms with Crippen LogP contribution in [0.15, 0.2) is 60.8 Å². The maximum Gasteiger partial charge on any atom is 0.337 e. The Morgan fingerprint density at radius 3 is 2.78 bits per heavy atom. The van der Waals surface area contributed by atoms with Crippen LogP contribution in [-0.4, -0.2) is 34.8 Å². The van der Waals surface area contributed by atoms with Gasteiger partial charge in [0.25, 0.3) is 0 Å². The number of methoxy groups -OCH3 is 1. The number of hydrogen-bond donors (Lipinski definition) is 2. The summed E-state index contributed by atoms with van der Waals surface area (Å²) < 4.78 is 4.73. The van der Waals surface area contributed by atoms with Crippen molar-refractivity contribution in [2.24, 2.45) is 0 Å². The molecule has 0 bridgehead atoms. The number of ether oxygens (including phenoxy) is 1. The maximum atomic E-state index is 11.6. The van der Waals surface area contributed by atoms with Crippen LogP contribution in [0.1, 0.15) is 22.3 Å². The Morgan fingerprint density at radius 2 is 1.96 bits per heavy atom. The molecular weight excluding hydrogens is 342 g/mol. The lowest BCUT2D eigenvalue weighted by atomic mass is 10.1. The lowest BCUT2D eigenvalue weighted by molar-refractivity contribution is 0.0601. The molecule has 0 aliphatic carbocycles. The molecule has 0 saturated carbocycles. The Morgan fingerprint density at radius 1 is 1.11 bits per heavy atom. The van der Waals surface area contributed by atoms with E-state index in [0.29, 0.717) is 23.0 Å². The molecule has 7 heteroatoms. The van der Waals surface area contributed by atoms with E-state index in [1.807, 2.05) is 24.3 Å². The minimum absolute atomic E-state index is 0.352. The second-order valence-electron chi connectivity index (χ2n) is 5.88. The molecule has 3 rings (SSSR count). The highest BCUT2D eigenvalue weighted by Gasteiger charge is 2.07. The van der Waals surface area contributed by atoms with E-state index in [1.54, 1.807) is 24.4 Å². The number of benzene rings is 2. The van der Waals surface area contributed by atoms with Gasteiger partial charge in [0.2, 0.25) is 5.95 Å². The predicted molar refractivity (Wildman–Crippen MR) is 104 cm³/mol. The maximum absolute atomic E-state index is 11.6. The average Bonchev–Trinajstić information content (AvgIpc) is 2.72. The van der Waals surface area contributed by atoms with Crippen LogP contribution < -0.4 is 10.6 Å². The average molecular weight is 363 g/mol. The van der Waals surface area contributed by atoms with Crippen LogP contribution in [-0.2, 0) is 11.2 Å². The van der Waals surface area contributed by atoms with Gasteiger partial charge >= 0.3 is 5.97 Å². The molecule has 0 saturated heterocycles. The third-order valence-corrected chi connectivity index (χ3v) is 3.89. The van der Waals surface area contributed by atoms with Gasteiger partial charge in [0, 0.05) is 12.2 Å². The van der Waals surface area contributed by atoms with Gasteiger partial charge in [-0.3, -0.25) is 0 Å². The van der Waals surface area contributed by atoms with Gasteiger partial charge < -0.3 is 15.4 Å². The quantitative estimate of drug-likeness (QED) is 0.468. The number of esters is 1. The molecule has 2 N–H and O–H groups in total. The summed E-state index contributed by atoms with van der Waals surface area (Å²) in [7, 11) is 1.35. The second kappa shape index (κ2) is 9.28. The molecule has 138 valence electrons. The monoisotopic (exact) mass is 363 g/mol. The highest BCUT2D eigenvalue weighted by Crippen LogP contribution is 2.16. The van der Waals surface area contributed by atoms with Crippen molar-refractivity contribution >= 4 is 23.4 Å². The van der Waals surface area contributed by atoms with Gasteiger partial charge in [0.15, 0.2) is 5.82 Å². The van der Waals surface area contributed by atoms with E-state index in [2.05, 4.69) is 37.9 Å². The van der Waals surface area contributed by atoms with E-state index in [4.69, 9.17) is 4.74 Å². The van der Waals surface area contributed by atoms with E-state index in [1.165, 1.54) is 12.7 Å². The number of carbonyl (C=O) groups excluding carboxylic acids is 1. The minimum atomic E-state index is -0.397. The highest BCUT2D eigenvalue weighted by molar-refractivity contribution is 5.90. The van der Waals surface area contributed by atoms with Gasteiger partial charge in [-0.1, -0.05) is 36.4 Å². The van der Waals surface area contributed by atoms with Crippen molar-refractivity contribution in [1.29, 1.82) is 0 Å². The third kappa shape index (κ3) is 5.50. The molecule has 2 aromatic carbocycles. The van der Waals surface area contributed by atoms with Crippen LogP contribution in [0.3, 0.4) is 0 Å². The summed E-state index contributed by atoms with van der Waals surface area (Å²) in [4.78, 5) is 16.0. The number of carbonyl (C=O) groups is 1. The zero-order valence-corrected chi connectivity index (χ0v) is 15.1. The smallest absolute Gasteiger partial charge is 0.337 e. The number of nitrogens with zero attached hydrogens (tertiary/aromatic N) is 3. The Labute approximate surface area is 157 Å². The first kappa shape index (κ1) is 18.3. The van der Waals surface area contributed by atoms with Gasteiger partial charge in [0.05, 0.1) is 18.9 Å². The fourth-order valence-corrected chi connectivity index (χ4v) is 2.57. The molecule has 1 heterocycles. The van der Waals surface area contributed by atoms with Crippen molar-refractivity contribution in [3.8, 4) is 0 Å². The molecule has 0 radical (unpaired) electrons. The predicted octanol–water partition coefficient (Wildman–Crippen LogP) is 3.45. The fourth-order valence-electron chi connectivity index (χ4n) is 2.57. The summed E-state index contributed by atoms with van der Waals surface area (Å²) in [5, 5.41) is 14.2. The first-order valence-electron chi connectivity index (χ1n) is 8.67. The van der Waals surface area contributed by atoms with Gasteiger partial charge in [-0.05, 0) is 36.6 Å². The highest BCUT2D eigenvalue weighted by atomic mass is 16.5. The van der Waals surface area contributed by atoms with Crippen molar-refractivity contribution in [1.82, 2.24) is 15.2 Å². The molecule has 0 atom stereocenters. The molecule has 1 aromatic heterocycles. The third-order valence-electron chi connectivity index (χ3n) is 3.89. The van der Waals surface area contributed by atoms with Crippen LogP contribution in [0, 0.1) is 0 Å². The first-order valence-corrected chi connectivity index (χ1v) is 8.67. The van der Waals surface area contributed by atoms with Gasteiger partial charge in [-0.15, -0.1) is 5.10 Å². The van der Waals surface area contributed by atoms with Crippen LogP contribution in [0.2, 0.25) is 0 Å². The molecule has 0 spiro atoms. The lowest BCUT2D eigenvalue weighted by Gasteiger charge is -2.08. The minimum Gasteiger partial charge on any atom is -0.465 e. The van der Waals surface area contributed by atoms with Crippen LogP contribution in [0.4, 0.5) is 17.5 Å². The Hall–Kier alpha value is -3.48. The molecule has 3 aromatic rings. The topological polar surface area (TPSA) is 89.0 Å². The standard InChI is InChI=1S/C20H21N5O2/c1-27-19(26)16-10-5-11-17(13-16)23-20-24-18(14-22-25-20)21-12-6-9-15-7-3-2-4-8-15/h2-5,7-8,10-11,13-14H,6,9,12H2,1H3,(H2,21,23,24,25). The van der Waals surface area contributed by atoms with Crippen molar-refractivity contribution < 1.29 is 9.53 Å². The Balaban J connectivity index is 1.55. The fraction of sp³-hybridized carbons (Fsp3) is 0.200. The summed E-state index contributed by atoms with van der Waals surface area (Å²) in [6.07, 6.45) is 3.56. The summed E-state index contributed by atoms with van der Waals surface area (Å²) in [6.45, 7) is 0.783. The summed E-state index contributed by atoms with van der Waals surface area (Å²) in [5.74, 6) is 0.598. The first-order chi connectivity index (χ1) is 13.2. The number of nitrogens with one attached hydrogen (secondary N) is 2. The van der Waals surface area contributed by atoms with Gasteiger partial charge in [0.1, 0.15) is 0 Å². The molecule has 0 aliphatic rings. The molecule has 0 amide bonds. The van der Waals surface area contributed by atoms with E-state index < -0.39 is 5.97 Å². The van der Waals surface area contributed by atoms with E-state index in [0.717, 1.165) is 19.4 Å². The SMILES string of the molecule is COC(=O)c1cccc(Nc2nncc(NCCCc3ccccc3)n2)c1. The Kier molecular flexibility index (Phi) is 6.30. The van der Waals surface area contributed by atoms with Crippen molar-refractivity contribution in [3.63, 3.8) is 0 Å². The number of aryl methyl sites for hydroxylation is 1. The number of anilines is 3. The van der Waals surface area contributed by atoms with Gasteiger partial charge in [-0.2, -0.15) is 10.1 Å². The zero-order chi connectivity index (χ0) is 18.9. The number of hydrogen-bond acceptors (Lipinski definition) is 7. The number of rotatable bonds is 8. The second-order valence-corrected chi connectivity index (χ2v) is 5.88. The molecule has 0 unspecified atom stereocenters. The van der Waals surface area contributed by atoms with Crippen molar-refractivity contribution in [2.45, 2.75) is 12.8 Å². The van der Waals surface area contributed by atoms with E-state index >= 15 is 0 Å². The molecule has 27 heavy (non-hydrogen) atoms. The van der Waals surface area contributed by atoms with E-state index in [9.17, 15) is 4.79 Å². The van der Waals surface area contributed by atoms with Gasteiger partial charge in [-0.25, -0.2) is 4.79 Å².